The number of benzene rings is 2. The van der Waals surface area contributed by atoms with E-state index in [0.29, 0.717) is 48.1 Å². The summed E-state index contributed by atoms with van der Waals surface area (Å²) in [4.78, 5) is 25.7. The molecule has 0 aliphatic carbocycles. The molecule has 0 unspecified atom stereocenters. The first-order chi connectivity index (χ1) is 12.9. The summed E-state index contributed by atoms with van der Waals surface area (Å²) in [5, 5.41) is 8.80. The second-order valence-electron chi connectivity index (χ2n) is 6.76. The highest BCUT2D eigenvalue weighted by Gasteiger charge is 2.16. The lowest BCUT2D eigenvalue weighted by Gasteiger charge is -2.23. The molecular formula is C22H24N2O3. The van der Waals surface area contributed by atoms with E-state index in [9.17, 15) is 9.59 Å². The molecule has 0 aliphatic heterocycles. The fourth-order valence-corrected chi connectivity index (χ4v) is 2.64. The van der Waals surface area contributed by atoms with Crippen molar-refractivity contribution in [2.75, 3.05) is 13.1 Å². The molecule has 5 heteroatoms. The van der Waals surface area contributed by atoms with E-state index in [4.69, 9.17) is 10.00 Å². The van der Waals surface area contributed by atoms with Gasteiger partial charge in [-0.3, -0.25) is 9.59 Å². The number of carbonyl (C=O) groups excluding carboxylic acids is 2. The third kappa shape index (κ3) is 5.96. The molecule has 5 nitrogen and oxygen atoms in total. The topological polar surface area (TPSA) is 70.4 Å². The molecule has 27 heavy (non-hydrogen) atoms. The van der Waals surface area contributed by atoms with E-state index in [2.05, 4.69) is 6.07 Å². The predicted octanol–water partition coefficient (Wildman–Crippen LogP) is 4.69. The number of ether oxygens (including phenoxy) is 1. The number of carbonyl (C=O) groups is 2. The number of rotatable bonds is 8. The molecule has 0 fully saturated rings. The Bertz CT molecular complexity index is 818. The van der Waals surface area contributed by atoms with Gasteiger partial charge < -0.3 is 9.64 Å². The number of hydrogen-bond acceptors (Lipinski definition) is 4. The van der Waals surface area contributed by atoms with Crippen LogP contribution in [0.5, 0.6) is 11.5 Å². The van der Waals surface area contributed by atoms with Crippen molar-refractivity contribution in [3.05, 3.63) is 59.7 Å². The fourth-order valence-electron chi connectivity index (χ4n) is 2.64. The number of nitriles is 1. The van der Waals surface area contributed by atoms with Crippen LogP contribution in [0.2, 0.25) is 0 Å². The molecule has 0 aromatic heterocycles. The van der Waals surface area contributed by atoms with Crippen molar-refractivity contribution in [2.24, 2.45) is 5.92 Å². The van der Waals surface area contributed by atoms with E-state index >= 15 is 0 Å². The summed E-state index contributed by atoms with van der Waals surface area (Å²) < 4.78 is 5.76. The van der Waals surface area contributed by atoms with Gasteiger partial charge in [0.15, 0.2) is 5.78 Å². The highest BCUT2D eigenvalue weighted by molar-refractivity contribution is 5.94. The van der Waals surface area contributed by atoms with Crippen LogP contribution in [0.4, 0.5) is 0 Å². The minimum atomic E-state index is -0.0867. The number of Topliss-reactive ketones (excluding diaryl/α,β-unsaturated/α-hetero) is 1. The minimum Gasteiger partial charge on any atom is -0.457 e. The van der Waals surface area contributed by atoms with Crippen molar-refractivity contribution in [3.8, 4) is 17.6 Å². The van der Waals surface area contributed by atoms with Gasteiger partial charge in [-0.05, 0) is 61.4 Å². The maximum Gasteiger partial charge on any atom is 0.253 e. The Morgan fingerprint density at radius 3 is 1.96 bits per heavy atom. The summed E-state index contributed by atoms with van der Waals surface area (Å²) in [5.74, 6) is 1.47. The highest BCUT2D eigenvalue weighted by atomic mass is 16.5. The average molecular weight is 364 g/mol. The minimum absolute atomic E-state index is 0.00626. The lowest BCUT2D eigenvalue weighted by molar-refractivity contribution is 0.0739. The molecule has 0 saturated heterocycles. The molecule has 2 aromatic rings. The maximum atomic E-state index is 12.7. The molecule has 0 radical (unpaired) electrons. The average Bonchev–Trinajstić information content (AvgIpc) is 2.65. The zero-order valence-corrected chi connectivity index (χ0v) is 15.9. The third-order valence-electron chi connectivity index (χ3n) is 3.96. The molecule has 0 aliphatic rings. The number of amides is 1. The van der Waals surface area contributed by atoms with Crippen LogP contribution < -0.4 is 4.74 Å². The van der Waals surface area contributed by atoms with E-state index in [1.54, 1.807) is 53.4 Å². The van der Waals surface area contributed by atoms with Gasteiger partial charge >= 0.3 is 0 Å². The van der Waals surface area contributed by atoms with Gasteiger partial charge in [-0.15, -0.1) is 0 Å². The van der Waals surface area contributed by atoms with Crippen molar-refractivity contribution >= 4 is 11.7 Å². The highest BCUT2D eigenvalue weighted by Crippen LogP contribution is 2.23. The Hall–Kier alpha value is -3.13. The Morgan fingerprint density at radius 2 is 1.52 bits per heavy atom. The number of hydrogen-bond donors (Lipinski definition) is 0. The van der Waals surface area contributed by atoms with Gasteiger partial charge in [-0.2, -0.15) is 5.26 Å². The maximum absolute atomic E-state index is 12.7. The van der Waals surface area contributed by atoms with Crippen LogP contribution in [0.1, 0.15) is 47.9 Å². The van der Waals surface area contributed by atoms with E-state index in [1.807, 2.05) is 13.8 Å². The van der Waals surface area contributed by atoms with Gasteiger partial charge in [0.05, 0.1) is 12.5 Å². The molecule has 0 saturated carbocycles. The number of nitrogens with zero attached hydrogens (tertiary/aromatic N) is 2. The van der Waals surface area contributed by atoms with Gasteiger partial charge in [0.2, 0.25) is 0 Å². The molecule has 2 rings (SSSR count). The summed E-state index contributed by atoms with van der Waals surface area (Å²) in [6.45, 7) is 6.64. The lowest BCUT2D eigenvalue weighted by Crippen LogP contribution is -2.34. The Balaban J connectivity index is 2.07. The third-order valence-corrected chi connectivity index (χ3v) is 3.96. The summed E-state index contributed by atoms with van der Waals surface area (Å²) in [6.07, 6.45) is 0.315. The quantitative estimate of drug-likeness (QED) is 0.637. The van der Waals surface area contributed by atoms with E-state index in [-0.39, 0.29) is 11.7 Å². The van der Waals surface area contributed by atoms with Gasteiger partial charge in [-0.25, -0.2) is 0 Å². The first kappa shape index (κ1) is 20.2. The van der Waals surface area contributed by atoms with E-state index in [1.165, 1.54) is 6.92 Å². The second-order valence-corrected chi connectivity index (χ2v) is 6.76. The van der Waals surface area contributed by atoms with Crippen molar-refractivity contribution in [1.29, 1.82) is 5.26 Å². The van der Waals surface area contributed by atoms with Crippen LogP contribution in [0, 0.1) is 17.2 Å². The smallest absolute Gasteiger partial charge is 0.253 e. The van der Waals surface area contributed by atoms with Crippen LogP contribution in [0.25, 0.3) is 0 Å². The van der Waals surface area contributed by atoms with Gasteiger partial charge in [0.1, 0.15) is 11.5 Å². The molecule has 0 heterocycles. The van der Waals surface area contributed by atoms with Crippen LogP contribution in [-0.4, -0.2) is 29.7 Å². The summed E-state index contributed by atoms with van der Waals surface area (Å²) >= 11 is 0. The first-order valence-electron chi connectivity index (χ1n) is 8.96. The lowest BCUT2D eigenvalue weighted by atomic mass is 10.1. The van der Waals surface area contributed by atoms with Crippen molar-refractivity contribution < 1.29 is 14.3 Å². The van der Waals surface area contributed by atoms with Crippen LogP contribution in [0.3, 0.4) is 0 Å². The van der Waals surface area contributed by atoms with Crippen molar-refractivity contribution in [2.45, 2.75) is 27.2 Å². The molecule has 0 bridgehead atoms. The monoisotopic (exact) mass is 364 g/mol. The normalized spacial score (nSPS) is 10.3. The van der Waals surface area contributed by atoms with E-state index in [0.717, 1.165) is 0 Å². The molecular weight excluding hydrogens is 340 g/mol. The molecule has 2 aromatic carbocycles. The predicted molar refractivity (Wildman–Crippen MR) is 104 cm³/mol. The molecule has 0 atom stereocenters. The van der Waals surface area contributed by atoms with E-state index < -0.39 is 0 Å². The Morgan fingerprint density at radius 1 is 1.00 bits per heavy atom. The van der Waals surface area contributed by atoms with Crippen LogP contribution >= 0.6 is 0 Å². The SMILES string of the molecule is CC(=O)c1ccc(Oc2ccc(C(=O)N(CCC#N)CC(C)C)cc2)cc1. The number of ketones is 1. The molecule has 140 valence electrons. The standard InChI is InChI=1S/C22H24N2O3/c1-16(2)15-24(14-4-13-23)22(26)19-7-11-21(12-8-19)27-20-9-5-18(6-10-20)17(3)25/h5-12,16H,4,14-15H2,1-3H3. The van der Waals surface area contributed by atoms with Crippen molar-refractivity contribution in [3.63, 3.8) is 0 Å². The fraction of sp³-hybridized carbons (Fsp3) is 0.318. The Labute approximate surface area is 160 Å². The summed E-state index contributed by atoms with van der Waals surface area (Å²) in [7, 11) is 0. The molecule has 1 amide bonds. The zero-order chi connectivity index (χ0) is 19.8. The molecule has 0 spiro atoms. The van der Waals surface area contributed by atoms with Gasteiger partial charge in [0, 0.05) is 24.2 Å². The van der Waals surface area contributed by atoms with Gasteiger partial charge in [0.25, 0.3) is 5.91 Å². The largest absolute Gasteiger partial charge is 0.457 e. The first-order valence-corrected chi connectivity index (χ1v) is 8.96. The van der Waals surface area contributed by atoms with Crippen LogP contribution in [-0.2, 0) is 0 Å². The Kier molecular flexibility index (Phi) is 7.13. The van der Waals surface area contributed by atoms with Crippen molar-refractivity contribution in [1.82, 2.24) is 4.90 Å². The summed E-state index contributed by atoms with van der Waals surface area (Å²) in [5.41, 5.74) is 1.19. The molecule has 0 N–H and O–H groups in total. The zero-order valence-electron chi connectivity index (χ0n) is 15.9. The van der Waals surface area contributed by atoms with Crippen LogP contribution in [0.15, 0.2) is 48.5 Å². The second kappa shape index (κ2) is 9.54. The summed E-state index contributed by atoms with van der Waals surface area (Å²) in [6, 6.07) is 15.9. The van der Waals surface area contributed by atoms with Gasteiger partial charge in [-0.1, -0.05) is 13.8 Å².